The maximum absolute atomic E-state index is 13.7. The molecular weight excluding hydrogens is 518 g/mol. The molecule has 8 nitrogen and oxygen atoms in total. The molecule has 1 fully saturated rings. The number of nitrogens with zero attached hydrogens (tertiary/aromatic N) is 1. The van der Waals surface area contributed by atoms with Crippen LogP contribution in [0.5, 0.6) is 5.75 Å². The van der Waals surface area contributed by atoms with Gasteiger partial charge in [-0.15, -0.1) is 0 Å². The Kier molecular flexibility index (Phi) is 7.77. The van der Waals surface area contributed by atoms with Crippen molar-refractivity contribution in [2.24, 2.45) is 17.6 Å². The van der Waals surface area contributed by atoms with E-state index in [-0.39, 0.29) is 23.5 Å². The molecule has 204 valence electrons. The van der Waals surface area contributed by atoms with Gasteiger partial charge in [-0.25, -0.2) is 0 Å². The lowest BCUT2D eigenvalue weighted by atomic mass is 9.92. The Labute approximate surface area is 232 Å². The summed E-state index contributed by atoms with van der Waals surface area (Å²) < 4.78 is 13.4. The molecule has 1 aliphatic carbocycles. The van der Waals surface area contributed by atoms with Gasteiger partial charge in [-0.3, -0.25) is 19.0 Å². The zero-order chi connectivity index (χ0) is 27.7. The number of nitrogens with two attached hydrogens (primary N) is 1. The highest BCUT2D eigenvalue weighted by molar-refractivity contribution is 6.30. The minimum absolute atomic E-state index is 0.174. The molecule has 3 unspecified atom stereocenters. The van der Waals surface area contributed by atoms with E-state index in [1.165, 1.54) is 10.6 Å². The Morgan fingerprint density at radius 2 is 1.90 bits per heavy atom. The van der Waals surface area contributed by atoms with Crippen LogP contribution in [-0.4, -0.2) is 36.2 Å². The van der Waals surface area contributed by atoms with Crippen molar-refractivity contribution in [3.63, 3.8) is 0 Å². The van der Waals surface area contributed by atoms with E-state index in [0.717, 1.165) is 30.4 Å². The van der Waals surface area contributed by atoms with Crippen molar-refractivity contribution in [3.8, 4) is 16.9 Å². The number of carbonyl (C=O) groups is 2. The summed E-state index contributed by atoms with van der Waals surface area (Å²) in [6.07, 6.45) is 4.64. The van der Waals surface area contributed by atoms with Crippen LogP contribution in [0, 0.1) is 11.8 Å². The second kappa shape index (κ2) is 11.2. The lowest BCUT2D eigenvalue weighted by Crippen LogP contribution is -2.36. The maximum Gasteiger partial charge on any atom is 0.252 e. The number of amides is 2. The van der Waals surface area contributed by atoms with Crippen molar-refractivity contribution in [1.29, 1.82) is 0 Å². The first-order chi connectivity index (χ1) is 18.7. The summed E-state index contributed by atoms with van der Waals surface area (Å²) >= 11 is 6.33. The van der Waals surface area contributed by atoms with Gasteiger partial charge in [0.1, 0.15) is 11.8 Å². The van der Waals surface area contributed by atoms with Crippen LogP contribution < -0.4 is 21.3 Å². The molecule has 1 aliphatic heterocycles. The number of ether oxygens (including phenoxy) is 2. The summed E-state index contributed by atoms with van der Waals surface area (Å²) in [5.74, 6) is 0.200. The summed E-state index contributed by atoms with van der Waals surface area (Å²) in [5.41, 5.74) is 8.44. The number of carbonyl (C=O) groups excluding carboxylic acids is 2. The smallest absolute Gasteiger partial charge is 0.252 e. The van der Waals surface area contributed by atoms with Crippen LogP contribution in [-0.2, 0) is 16.0 Å². The molecular formula is C30H32ClN3O5. The molecule has 2 aliphatic rings. The Balaban J connectivity index is 1.54. The molecule has 39 heavy (non-hydrogen) atoms. The van der Waals surface area contributed by atoms with Crippen LogP contribution >= 0.6 is 11.6 Å². The van der Waals surface area contributed by atoms with Gasteiger partial charge in [-0.05, 0) is 78.6 Å². The van der Waals surface area contributed by atoms with Crippen LogP contribution in [0.25, 0.3) is 11.1 Å². The molecule has 3 N–H and O–H groups in total. The zero-order valence-electron chi connectivity index (χ0n) is 22.0. The van der Waals surface area contributed by atoms with Crippen molar-refractivity contribution in [2.45, 2.75) is 44.8 Å². The summed E-state index contributed by atoms with van der Waals surface area (Å²) in [5, 5.41) is 3.46. The number of methoxy groups -OCH3 is 1. The van der Waals surface area contributed by atoms with Gasteiger partial charge in [0.15, 0.2) is 0 Å². The van der Waals surface area contributed by atoms with Gasteiger partial charge < -0.3 is 20.5 Å². The predicted octanol–water partition coefficient (Wildman–Crippen LogP) is 4.83. The van der Waals surface area contributed by atoms with Gasteiger partial charge in [0.05, 0.1) is 18.9 Å². The van der Waals surface area contributed by atoms with Gasteiger partial charge >= 0.3 is 0 Å². The van der Waals surface area contributed by atoms with Crippen molar-refractivity contribution >= 4 is 29.1 Å². The van der Waals surface area contributed by atoms with Gasteiger partial charge in [-0.1, -0.05) is 24.6 Å². The minimum Gasteiger partial charge on any atom is -0.491 e. The molecule has 1 aromatic heterocycles. The standard InChI is InChI=1S/C30H32ClN3O5/c1-17-11-20-5-8-21(31)12-23(20)24-13-28(35)34(15-27(24)39-16-17)25(14-26(38-2)18-3-4-18)30(37)33-22-9-6-19(7-10-22)29(32)36/h5-10,12-13,15,17-18,25-26H,3-4,11,14,16H2,1-2H3,(H2,32,36)(H,33,37). The normalized spacial score (nSPS) is 18.0. The lowest BCUT2D eigenvalue weighted by molar-refractivity contribution is -0.120. The maximum atomic E-state index is 13.7. The van der Waals surface area contributed by atoms with Crippen LogP contribution in [0.2, 0.25) is 5.02 Å². The van der Waals surface area contributed by atoms with E-state index in [0.29, 0.717) is 46.5 Å². The highest BCUT2D eigenvalue weighted by atomic mass is 35.5. The quantitative estimate of drug-likeness (QED) is 0.418. The molecule has 3 aromatic rings. The van der Waals surface area contributed by atoms with Crippen molar-refractivity contribution in [3.05, 3.63) is 81.2 Å². The molecule has 9 heteroatoms. The third kappa shape index (κ3) is 6.02. The second-order valence-electron chi connectivity index (χ2n) is 10.5. The number of anilines is 1. The van der Waals surface area contributed by atoms with E-state index in [1.807, 2.05) is 18.2 Å². The van der Waals surface area contributed by atoms with Gasteiger partial charge in [0, 0.05) is 41.4 Å². The number of aromatic nitrogens is 1. The summed E-state index contributed by atoms with van der Waals surface area (Å²) in [4.78, 5) is 38.7. The second-order valence-corrected chi connectivity index (χ2v) is 10.9. The van der Waals surface area contributed by atoms with E-state index in [2.05, 4.69) is 12.2 Å². The van der Waals surface area contributed by atoms with Crippen LogP contribution in [0.1, 0.15) is 48.1 Å². The number of rotatable bonds is 8. The molecule has 2 heterocycles. The highest BCUT2D eigenvalue weighted by Gasteiger charge is 2.36. The molecule has 5 rings (SSSR count). The number of hydrogen-bond donors (Lipinski definition) is 2. The highest BCUT2D eigenvalue weighted by Crippen LogP contribution is 2.39. The first-order valence-electron chi connectivity index (χ1n) is 13.1. The zero-order valence-corrected chi connectivity index (χ0v) is 22.7. The third-order valence-electron chi connectivity index (χ3n) is 7.48. The van der Waals surface area contributed by atoms with E-state index < -0.39 is 11.9 Å². The summed E-state index contributed by atoms with van der Waals surface area (Å²) in [6.45, 7) is 2.58. The first kappa shape index (κ1) is 27.0. The van der Waals surface area contributed by atoms with E-state index in [9.17, 15) is 14.4 Å². The Bertz CT molecular complexity index is 1450. The van der Waals surface area contributed by atoms with Gasteiger partial charge in [0.2, 0.25) is 11.8 Å². The summed E-state index contributed by atoms with van der Waals surface area (Å²) in [6, 6.07) is 12.7. The van der Waals surface area contributed by atoms with Crippen molar-refractivity contribution in [1.82, 2.24) is 4.57 Å². The van der Waals surface area contributed by atoms with Gasteiger partial charge in [-0.2, -0.15) is 0 Å². The number of halogens is 1. The Morgan fingerprint density at radius 1 is 1.15 bits per heavy atom. The van der Waals surface area contributed by atoms with Crippen LogP contribution in [0.3, 0.4) is 0 Å². The number of benzene rings is 2. The monoisotopic (exact) mass is 549 g/mol. The molecule has 2 aromatic carbocycles. The fourth-order valence-corrected chi connectivity index (χ4v) is 5.37. The van der Waals surface area contributed by atoms with Crippen LogP contribution in [0.4, 0.5) is 5.69 Å². The Hall–Kier alpha value is -3.62. The van der Waals surface area contributed by atoms with E-state index >= 15 is 0 Å². The number of primary amides is 1. The van der Waals surface area contributed by atoms with E-state index in [4.69, 9.17) is 26.8 Å². The summed E-state index contributed by atoms with van der Waals surface area (Å²) in [7, 11) is 1.63. The third-order valence-corrected chi connectivity index (χ3v) is 7.71. The first-order valence-corrected chi connectivity index (χ1v) is 13.5. The topological polar surface area (TPSA) is 113 Å². The predicted molar refractivity (Wildman–Crippen MR) is 150 cm³/mol. The largest absolute Gasteiger partial charge is 0.491 e. The fourth-order valence-electron chi connectivity index (χ4n) is 5.20. The molecule has 0 saturated heterocycles. The number of hydrogen-bond acceptors (Lipinski definition) is 5. The van der Waals surface area contributed by atoms with Crippen LogP contribution in [0.15, 0.2) is 59.5 Å². The minimum atomic E-state index is -0.852. The molecule has 2 amide bonds. The Morgan fingerprint density at radius 3 is 2.56 bits per heavy atom. The SMILES string of the molecule is COC(CC(C(=O)Nc1ccc(C(N)=O)cc1)n1cc2c(cc1=O)-c1cc(Cl)ccc1CC(C)CO2)C1CC1. The number of pyridine rings is 1. The molecule has 3 atom stereocenters. The average Bonchev–Trinajstić information content (AvgIpc) is 3.75. The number of nitrogens with one attached hydrogen (secondary N) is 1. The molecule has 1 saturated carbocycles. The molecule has 0 radical (unpaired) electrons. The molecule has 0 spiro atoms. The lowest BCUT2D eigenvalue weighted by Gasteiger charge is -2.27. The fraction of sp³-hybridized carbons (Fsp3) is 0.367. The molecule has 0 bridgehead atoms. The van der Waals surface area contributed by atoms with Crippen molar-refractivity contribution < 1.29 is 19.1 Å². The average molecular weight is 550 g/mol. The van der Waals surface area contributed by atoms with E-state index in [1.54, 1.807) is 37.6 Å². The van der Waals surface area contributed by atoms with Crippen molar-refractivity contribution in [2.75, 3.05) is 19.0 Å². The van der Waals surface area contributed by atoms with Gasteiger partial charge in [0.25, 0.3) is 5.56 Å². The number of fused-ring (bicyclic) bond motifs is 3.